The number of hydrogen-bond acceptors (Lipinski definition) is 5. The molecule has 1 unspecified atom stereocenters. The topological polar surface area (TPSA) is 83.5 Å². The summed E-state index contributed by atoms with van der Waals surface area (Å²) in [6.07, 6.45) is -3.73. The molecule has 30 heavy (non-hydrogen) atoms. The summed E-state index contributed by atoms with van der Waals surface area (Å²) in [5, 5.41) is 8.75. The van der Waals surface area contributed by atoms with Crippen LogP contribution < -0.4 is 20.7 Å². The number of aliphatic imine (C=N–C) groups is 1. The molecule has 2 rings (SSSR count). The van der Waals surface area contributed by atoms with Gasteiger partial charge in [0.05, 0.1) is 6.54 Å². The summed E-state index contributed by atoms with van der Waals surface area (Å²) < 4.78 is 56.7. The van der Waals surface area contributed by atoms with Gasteiger partial charge in [-0.05, 0) is 25.1 Å². The summed E-state index contributed by atoms with van der Waals surface area (Å²) in [5.41, 5.74) is -1.01. The molecule has 2 aromatic rings. The Morgan fingerprint density at radius 3 is 2.63 bits per heavy atom. The number of alkyl halides is 3. The van der Waals surface area contributed by atoms with E-state index < -0.39 is 11.9 Å². The van der Waals surface area contributed by atoms with Gasteiger partial charge in [-0.25, -0.2) is 14.4 Å². The zero-order chi connectivity index (χ0) is 21.3. The average molecular weight is 542 g/mol. The summed E-state index contributed by atoms with van der Waals surface area (Å²) in [5.74, 6) is 0.415. The van der Waals surface area contributed by atoms with Crippen molar-refractivity contribution in [1.29, 1.82) is 0 Å². The van der Waals surface area contributed by atoms with Gasteiger partial charge in [0, 0.05) is 32.4 Å². The van der Waals surface area contributed by atoms with Crippen molar-refractivity contribution in [3.05, 3.63) is 48.0 Å². The van der Waals surface area contributed by atoms with Crippen molar-refractivity contribution < 1.29 is 22.3 Å². The second kappa shape index (κ2) is 12.3. The molecule has 3 N–H and O–H groups in total. The number of nitrogens with one attached hydrogen (secondary N) is 3. The molecule has 0 aliphatic rings. The van der Waals surface area contributed by atoms with E-state index in [9.17, 15) is 17.6 Å². The highest BCUT2D eigenvalue weighted by molar-refractivity contribution is 14.0. The fraction of sp³-hybridized carbons (Fsp3) is 0.389. The van der Waals surface area contributed by atoms with E-state index in [1.165, 1.54) is 12.1 Å². The van der Waals surface area contributed by atoms with Crippen LogP contribution in [-0.2, 0) is 6.18 Å². The number of rotatable bonds is 8. The van der Waals surface area contributed by atoms with E-state index >= 15 is 0 Å². The fourth-order valence-corrected chi connectivity index (χ4v) is 2.23. The first kappa shape index (κ1) is 25.7. The van der Waals surface area contributed by atoms with Crippen molar-refractivity contribution in [2.24, 2.45) is 4.99 Å². The maximum absolute atomic E-state index is 13.2. The SMILES string of the molecule is CN=C(NCCNc1nccc(C(F)(F)F)n1)NCC(C)Oc1cccc(F)c1.I. The molecular formula is C18H23F4IN6O. The van der Waals surface area contributed by atoms with Crippen LogP contribution in [-0.4, -0.2) is 48.7 Å². The Morgan fingerprint density at radius 1 is 1.20 bits per heavy atom. The molecule has 0 aliphatic heterocycles. The molecule has 1 aromatic carbocycles. The molecule has 0 fully saturated rings. The highest BCUT2D eigenvalue weighted by Crippen LogP contribution is 2.27. The van der Waals surface area contributed by atoms with Crippen molar-refractivity contribution in [3.8, 4) is 5.75 Å². The van der Waals surface area contributed by atoms with Crippen LogP contribution in [0.4, 0.5) is 23.5 Å². The van der Waals surface area contributed by atoms with Crippen LogP contribution in [0.3, 0.4) is 0 Å². The van der Waals surface area contributed by atoms with Gasteiger partial charge in [-0.3, -0.25) is 4.99 Å². The van der Waals surface area contributed by atoms with E-state index in [0.717, 1.165) is 12.3 Å². The lowest BCUT2D eigenvalue weighted by molar-refractivity contribution is -0.141. The van der Waals surface area contributed by atoms with Gasteiger partial charge in [0.25, 0.3) is 0 Å². The number of guanidine groups is 1. The van der Waals surface area contributed by atoms with Crippen LogP contribution in [0.5, 0.6) is 5.75 Å². The monoisotopic (exact) mass is 542 g/mol. The average Bonchev–Trinajstić information content (AvgIpc) is 2.67. The van der Waals surface area contributed by atoms with Crippen molar-refractivity contribution in [1.82, 2.24) is 20.6 Å². The van der Waals surface area contributed by atoms with Gasteiger partial charge < -0.3 is 20.7 Å². The molecule has 0 spiro atoms. The van der Waals surface area contributed by atoms with E-state index in [0.29, 0.717) is 24.8 Å². The predicted molar refractivity (Wildman–Crippen MR) is 117 cm³/mol. The zero-order valence-corrected chi connectivity index (χ0v) is 18.7. The first-order valence-corrected chi connectivity index (χ1v) is 8.79. The summed E-state index contributed by atoms with van der Waals surface area (Å²) in [7, 11) is 1.58. The normalized spacial score (nSPS) is 12.5. The summed E-state index contributed by atoms with van der Waals surface area (Å²) in [6.45, 7) is 2.86. The Hall–Kier alpha value is -2.38. The summed E-state index contributed by atoms with van der Waals surface area (Å²) >= 11 is 0. The molecule has 0 aliphatic carbocycles. The van der Waals surface area contributed by atoms with Gasteiger partial charge in [-0.1, -0.05) is 6.07 Å². The Balaban J connectivity index is 0.00000450. The molecule has 1 aromatic heterocycles. The fourth-order valence-electron chi connectivity index (χ4n) is 2.23. The minimum atomic E-state index is -4.52. The van der Waals surface area contributed by atoms with Crippen LogP contribution in [0, 0.1) is 5.82 Å². The largest absolute Gasteiger partial charge is 0.489 e. The maximum Gasteiger partial charge on any atom is 0.433 e. The van der Waals surface area contributed by atoms with E-state index in [-0.39, 0.29) is 48.4 Å². The van der Waals surface area contributed by atoms with Crippen molar-refractivity contribution in [2.45, 2.75) is 19.2 Å². The Labute approximate surface area is 188 Å². The summed E-state index contributed by atoms with van der Waals surface area (Å²) in [6, 6.07) is 6.66. The highest BCUT2D eigenvalue weighted by atomic mass is 127. The molecule has 166 valence electrons. The van der Waals surface area contributed by atoms with Crippen molar-refractivity contribution >= 4 is 35.9 Å². The number of nitrogens with zero attached hydrogens (tertiary/aromatic N) is 3. The third-order valence-electron chi connectivity index (χ3n) is 3.56. The molecule has 0 saturated heterocycles. The minimum Gasteiger partial charge on any atom is -0.489 e. The predicted octanol–water partition coefficient (Wildman–Crippen LogP) is 3.30. The Morgan fingerprint density at radius 2 is 1.97 bits per heavy atom. The van der Waals surface area contributed by atoms with Gasteiger partial charge in [-0.2, -0.15) is 13.2 Å². The van der Waals surface area contributed by atoms with E-state index in [1.807, 2.05) is 6.92 Å². The molecule has 1 heterocycles. The van der Waals surface area contributed by atoms with Crippen LogP contribution in [0.2, 0.25) is 0 Å². The van der Waals surface area contributed by atoms with Crippen LogP contribution in [0.15, 0.2) is 41.5 Å². The smallest absolute Gasteiger partial charge is 0.433 e. The molecule has 0 radical (unpaired) electrons. The second-order valence-electron chi connectivity index (χ2n) is 5.96. The quantitative estimate of drug-likeness (QED) is 0.156. The number of halogens is 5. The van der Waals surface area contributed by atoms with Gasteiger partial charge in [-0.15, -0.1) is 24.0 Å². The van der Waals surface area contributed by atoms with Crippen LogP contribution >= 0.6 is 24.0 Å². The zero-order valence-electron chi connectivity index (χ0n) is 16.3. The molecule has 0 amide bonds. The maximum atomic E-state index is 13.2. The molecule has 7 nitrogen and oxygen atoms in total. The molecule has 0 bridgehead atoms. The van der Waals surface area contributed by atoms with Crippen molar-refractivity contribution in [2.75, 3.05) is 32.0 Å². The lowest BCUT2D eigenvalue weighted by Gasteiger charge is -2.18. The number of hydrogen-bond donors (Lipinski definition) is 3. The lowest BCUT2D eigenvalue weighted by Crippen LogP contribution is -2.43. The third kappa shape index (κ3) is 8.97. The number of aromatic nitrogens is 2. The molecule has 0 saturated carbocycles. The van der Waals surface area contributed by atoms with Crippen LogP contribution in [0.1, 0.15) is 12.6 Å². The molecular weight excluding hydrogens is 519 g/mol. The first-order valence-electron chi connectivity index (χ1n) is 8.79. The van der Waals surface area contributed by atoms with E-state index in [2.05, 4.69) is 30.9 Å². The second-order valence-corrected chi connectivity index (χ2v) is 5.96. The van der Waals surface area contributed by atoms with Gasteiger partial charge in [0.1, 0.15) is 23.4 Å². The number of anilines is 1. The van der Waals surface area contributed by atoms with Gasteiger partial charge in [0.15, 0.2) is 5.96 Å². The molecule has 12 heteroatoms. The van der Waals surface area contributed by atoms with Gasteiger partial charge >= 0.3 is 6.18 Å². The van der Waals surface area contributed by atoms with E-state index in [4.69, 9.17) is 4.74 Å². The van der Waals surface area contributed by atoms with Crippen molar-refractivity contribution in [3.63, 3.8) is 0 Å². The highest BCUT2D eigenvalue weighted by Gasteiger charge is 2.32. The third-order valence-corrected chi connectivity index (χ3v) is 3.56. The number of ether oxygens (including phenoxy) is 1. The molecule has 1 atom stereocenters. The minimum absolute atomic E-state index is 0. The van der Waals surface area contributed by atoms with E-state index in [1.54, 1.807) is 19.2 Å². The standard InChI is InChI=1S/C18H22F4N6O.HI/c1-12(29-14-5-3-4-13(19)10-14)11-27-16(23-2)25-8-9-26-17-24-7-6-15(28-17)18(20,21)22;/h3-7,10,12H,8-9,11H2,1-2H3,(H2,23,25,27)(H,24,26,28);1H. The lowest BCUT2D eigenvalue weighted by atomic mass is 10.3. The van der Waals surface area contributed by atoms with Gasteiger partial charge in [0.2, 0.25) is 5.95 Å². The Kier molecular flexibility index (Phi) is 10.6. The Bertz CT molecular complexity index is 821. The summed E-state index contributed by atoms with van der Waals surface area (Å²) in [4.78, 5) is 11.2. The van der Waals surface area contributed by atoms with Crippen LogP contribution in [0.25, 0.3) is 0 Å². The first-order chi connectivity index (χ1) is 13.8. The number of benzene rings is 1.